The van der Waals surface area contributed by atoms with E-state index in [1.165, 1.54) is 0 Å². The minimum Gasteiger partial charge on any atom is -0.320 e. The standard InChI is InChI=1S/C19H22N2O3S/c1-2-20(18-13-14-25(23,24)15-18)19(22)21(16-9-5-3-6-10-16)17-11-7-4-8-12-17/h3-12,18H,2,13-15H2,1H3. The summed E-state index contributed by atoms with van der Waals surface area (Å²) < 4.78 is 23.7. The SMILES string of the molecule is CCN(C(=O)N(c1ccccc1)c1ccccc1)C1CCS(=O)(=O)C1. The third kappa shape index (κ3) is 3.85. The van der Waals surface area contributed by atoms with Crippen molar-refractivity contribution in [2.45, 2.75) is 19.4 Å². The summed E-state index contributed by atoms with van der Waals surface area (Å²) in [6.07, 6.45) is 0.499. The molecule has 5 nitrogen and oxygen atoms in total. The Morgan fingerprint density at radius 3 is 1.92 bits per heavy atom. The highest BCUT2D eigenvalue weighted by Crippen LogP contribution is 2.28. The molecule has 0 aliphatic carbocycles. The molecule has 2 aromatic rings. The van der Waals surface area contributed by atoms with Gasteiger partial charge < -0.3 is 4.90 Å². The Labute approximate surface area is 148 Å². The monoisotopic (exact) mass is 358 g/mol. The molecular formula is C19H22N2O3S. The minimum atomic E-state index is -3.05. The average Bonchev–Trinajstić information content (AvgIpc) is 2.97. The van der Waals surface area contributed by atoms with E-state index in [0.29, 0.717) is 13.0 Å². The molecule has 1 unspecified atom stereocenters. The summed E-state index contributed by atoms with van der Waals surface area (Å²) in [4.78, 5) is 16.6. The van der Waals surface area contributed by atoms with Gasteiger partial charge in [-0.25, -0.2) is 13.2 Å². The third-order valence-electron chi connectivity index (χ3n) is 4.46. The van der Waals surface area contributed by atoms with Gasteiger partial charge in [-0.3, -0.25) is 4.90 Å². The molecule has 0 N–H and O–H groups in total. The van der Waals surface area contributed by atoms with Gasteiger partial charge in [-0.05, 0) is 37.6 Å². The zero-order valence-electron chi connectivity index (χ0n) is 14.2. The fourth-order valence-electron chi connectivity index (χ4n) is 3.22. The molecule has 2 aromatic carbocycles. The molecule has 0 saturated carbocycles. The van der Waals surface area contributed by atoms with Crippen molar-refractivity contribution in [2.24, 2.45) is 0 Å². The summed E-state index contributed by atoms with van der Waals surface area (Å²) in [7, 11) is -3.05. The van der Waals surface area contributed by atoms with Crippen LogP contribution in [0.4, 0.5) is 16.2 Å². The third-order valence-corrected chi connectivity index (χ3v) is 6.21. The predicted molar refractivity (Wildman–Crippen MR) is 99.9 cm³/mol. The van der Waals surface area contributed by atoms with Gasteiger partial charge in [0, 0.05) is 12.6 Å². The second kappa shape index (κ2) is 7.27. The zero-order valence-corrected chi connectivity index (χ0v) is 15.0. The maximum atomic E-state index is 13.3. The van der Waals surface area contributed by atoms with E-state index in [4.69, 9.17) is 0 Å². The van der Waals surface area contributed by atoms with Gasteiger partial charge >= 0.3 is 6.03 Å². The highest BCUT2D eigenvalue weighted by molar-refractivity contribution is 7.91. The second-order valence-electron chi connectivity index (χ2n) is 6.13. The largest absolute Gasteiger partial charge is 0.329 e. The number of sulfone groups is 1. The maximum absolute atomic E-state index is 13.3. The number of para-hydroxylation sites is 2. The van der Waals surface area contributed by atoms with E-state index in [-0.39, 0.29) is 23.6 Å². The van der Waals surface area contributed by atoms with Crippen LogP contribution in [0.3, 0.4) is 0 Å². The first kappa shape index (κ1) is 17.5. The average molecular weight is 358 g/mol. The Kier molecular flexibility index (Phi) is 5.08. The summed E-state index contributed by atoms with van der Waals surface area (Å²) in [5.41, 5.74) is 1.52. The van der Waals surface area contributed by atoms with Crippen LogP contribution < -0.4 is 4.90 Å². The molecule has 0 bridgehead atoms. The molecule has 0 spiro atoms. The Balaban J connectivity index is 1.96. The molecule has 3 rings (SSSR count). The quantitative estimate of drug-likeness (QED) is 0.841. The summed E-state index contributed by atoms with van der Waals surface area (Å²) in [6, 6.07) is 18.4. The first-order valence-corrected chi connectivity index (χ1v) is 10.2. The van der Waals surface area contributed by atoms with E-state index >= 15 is 0 Å². The van der Waals surface area contributed by atoms with Gasteiger partial charge in [0.25, 0.3) is 0 Å². The lowest BCUT2D eigenvalue weighted by molar-refractivity contribution is 0.193. The highest BCUT2D eigenvalue weighted by Gasteiger charge is 2.36. The molecule has 1 aliphatic heterocycles. The number of hydrogen-bond acceptors (Lipinski definition) is 3. The lowest BCUT2D eigenvalue weighted by Crippen LogP contribution is -2.47. The zero-order chi connectivity index (χ0) is 17.9. The van der Waals surface area contributed by atoms with Crippen LogP contribution >= 0.6 is 0 Å². The van der Waals surface area contributed by atoms with E-state index in [2.05, 4.69) is 0 Å². The van der Waals surface area contributed by atoms with Crippen LogP contribution in [0, 0.1) is 0 Å². The lowest BCUT2D eigenvalue weighted by atomic mass is 10.2. The Morgan fingerprint density at radius 1 is 1.00 bits per heavy atom. The van der Waals surface area contributed by atoms with Crippen molar-refractivity contribution >= 4 is 27.2 Å². The number of nitrogens with zero attached hydrogens (tertiary/aromatic N) is 2. The van der Waals surface area contributed by atoms with Crippen LogP contribution in [0.5, 0.6) is 0 Å². The van der Waals surface area contributed by atoms with Crippen molar-refractivity contribution in [3.8, 4) is 0 Å². The van der Waals surface area contributed by atoms with Gasteiger partial charge in [0.15, 0.2) is 9.84 Å². The van der Waals surface area contributed by atoms with Gasteiger partial charge in [0.1, 0.15) is 0 Å². The Bertz CT molecular complexity index is 783. The summed E-state index contributed by atoms with van der Waals surface area (Å²) >= 11 is 0. The maximum Gasteiger partial charge on any atom is 0.329 e. The van der Waals surface area contributed by atoms with Gasteiger partial charge in [0.05, 0.1) is 22.9 Å². The molecule has 25 heavy (non-hydrogen) atoms. The second-order valence-corrected chi connectivity index (χ2v) is 8.36. The van der Waals surface area contributed by atoms with Crippen LogP contribution in [0.1, 0.15) is 13.3 Å². The van der Waals surface area contributed by atoms with Gasteiger partial charge in [-0.2, -0.15) is 0 Å². The van der Waals surface area contributed by atoms with Crippen molar-refractivity contribution in [1.82, 2.24) is 4.90 Å². The van der Waals surface area contributed by atoms with Crippen molar-refractivity contribution in [3.05, 3.63) is 60.7 Å². The van der Waals surface area contributed by atoms with Gasteiger partial charge in [-0.1, -0.05) is 36.4 Å². The Hall–Kier alpha value is -2.34. The first-order valence-electron chi connectivity index (χ1n) is 8.43. The molecule has 1 atom stereocenters. The number of hydrogen-bond donors (Lipinski definition) is 0. The minimum absolute atomic E-state index is 0.0456. The van der Waals surface area contributed by atoms with Crippen LogP contribution in [-0.2, 0) is 9.84 Å². The van der Waals surface area contributed by atoms with Gasteiger partial charge in [-0.15, -0.1) is 0 Å². The fourth-order valence-corrected chi connectivity index (χ4v) is 4.95. The molecule has 0 radical (unpaired) electrons. The van der Waals surface area contributed by atoms with Crippen LogP contribution in [-0.4, -0.2) is 43.4 Å². The first-order chi connectivity index (χ1) is 12.0. The molecule has 2 amide bonds. The molecular weight excluding hydrogens is 336 g/mol. The number of rotatable bonds is 4. The van der Waals surface area contributed by atoms with Crippen molar-refractivity contribution < 1.29 is 13.2 Å². The molecule has 1 aliphatic rings. The van der Waals surface area contributed by atoms with Crippen molar-refractivity contribution in [3.63, 3.8) is 0 Å². The fraction of sp³-hybridized carbons (Fsp3) is 0.316. The van der Waals surface area contributed by atoms with Crippen molar-refractivity contribution in [2.75, 3.05) is 23.0 Å². The number of carbonyl (C=O) groups is 1. The lowest BCUT2D eigenvalue weighted by Gasteiger charge is -2.33. The molecule has 1 fully saturated rings. The predicted octanol–water partition coefficient (Wildman–Crippen LogP) is 3.45. The van der Waals surface area contributed by atoms with Crippen LogP contribution in [0.15, 0.2) is 60.7 Å². The van der Waals surface area contributed by atoms with E-state index in [0.717, 1.165) is 11.4 Å². The number of carbonyl (C=O) groups excluding carboxylic acids is 1. The highest BCUT2D eigenvalue weighted by atomic mass is 32.2. The number of anilines is 2. The topological polar surface area (TPSA) is 57.7 Å². The smallest absolute Gasteiger partial charge is 0.320 e. The molecule has 0 aromatic heterocycles. The van der Waals surface area contributed by atoms with Crippen LogP contribution in [0.25, 0.3) is 0 Å². The Morgan fingerprint density at radius 2 is 1.52 bits per heavy atom. The van der Waals surface area contributed by atoms with Crippen LogP contribution in [0.2, 0.25) is 0 Å². The molecule has 132 valence electrons. The number of benzene rings is 2. The normalized spacial score (nSPS) is 18.7. The summed E-state index contributed by atoms with van der Waals surface area (Å²) in [6.45, 7) is 2.35. The molecule has 1 heterocycles. The molecule has 6 heteroatoms. The van der Waals surface area contributed by atoms with E-state index in [1.54, 1.807) is 9.80 Å². The summed E-state index contributed by atoms with van der Waals surface area (Å²) in [5, 5.41) is 0. The number of urea groups is 1. The van der Waals surface area contributed by atoms with Gasteiger partial charge in [0.2, 0.25) is 0 Å². The van der Waals surface area contributed by atoms with Crippen molar-refractivity contribution in [1.29, 1.82) is 0 Å². The van der Waals surface area contributed by atoms with E-state index < -0.39 is 9.84 Å². The summed E-state index contributed by atoms with van der Waals surface area (Å²) in [5.74, 6) is 0.197. The molecule has 1 saturated heterocycles. The van der Waals surface area contributed by atoms with E-state index in [9.17, 15) is 13.2 Å². The number of amides is 2. The van der Waals surface area contributed by atoms with E-state index in [1.807, 2.05) is 67.6 Å².